The second kappa shape index (κ2) is 8.66. The monoisotopic (exact) mass is 280 g/mol. The minimum Gasteiger partial charge on any atom is -0.353 e. The van der Waals surface area contributed by atoms with Crippen LogP contribution in [0.5, 0.6) is 0 Å². The Balaban J connectivity index is 1.60. The number of nitrogens with one attached hydrogen (secondary N) is 2. The average molecular weight is 280 g/mol. The van der Waals surface area contributed by atoms with E-state index in [1.807, 2.05) is 0 Å². The smallest absolute Gasteiger partial charge is 0.220 e. The summed E-state index contributed by atoms with van der Waals surface area (Å²) in [6.45, 7) is 3.34. The molecule has 0 aromatic heterocycles. The summed E-state index contributed by atoms with van der Waals surface area (Å²) >= 11 is 0. The lowest BCUT2D eigenvalue weighted by atomic mass is 9.86. The molecule has 2 rings (SSSR count). The molecule has 0 atom stereocenters. The first-order chi connectivity index (χ1) is 9.78. The van der Waals surface area contributed by atoms with Crippen LogP contribution >= 0.6 is 0 Å². The summed E-state index contributed by atoms with van der Waals surface area (Å²) in [5, 5.41) is 6.87. The molecule has 0 spiro atoms. The van der Waals surface area contributed by atoms with E-state index in [4.69, 9.17) is 0 Å². The lowest BCUT2D eigenvalue weighted by Gasteiger charge is -2.30. The van der Waals surface area contributed by atoms with Gasteiger partial charge in [0.25, 0.3) is 0 Å². The number of hydrogen-bond donors (Lipinski definition) is 2. The fourth-order valence-electron chi connectivity index (χ4n) is 3.73. The first kappa shape index (κ1) is 15.8. The molecular weight excluding hydrogens is 248 g/mol. The Labute approximate surface area is 124 Å². The molecule has 1 amide bonds. The molecule has 2 aliphatic carbocycles. The first-order valence-electron chi connectivity index (χ1n) is 8.80. The Morgan fingerprint density at radius 3 is 2.25 bits per heavy atom. The summed E-state index contributed by atoms with van der Waals surface area (Å²) in [7, 11) is 0. The second-order valence-corrected chi connectivity index (χ2v) is 6.78. The van der Waals surface area contributed by atoms with Crippen LogP contribution in [-0.4, -0.2) is 24.5 Å². The Morgan fingerprint density at radius 2 is 1.60 bits per heavy atom. The minimum absolute atomic E-state index is 0.307. The SMILES string of the molecule is CCCNC1CCC(NC(=O)CC2CCCCC2)CC1. The van der Waals surface area contributed by atoms with Crippen LogP contribution in [0, 0.1) is 5.92 Å². The maximum absolute atomic E-state index is 12.1. The van der Waals surface area contributed by atoms with Gasteiger partial charge in [-0.2, -0.15) is 0 Å². The lowest BCUT2D eigenvalue weighted by Crippen LogP contribution is -2.42. The summed E-state index contributed by atoms with van der Waals surface area (Å²) in [5.41, 5.74) is 0. The fourth-order valence-corrected chi connectivity index (χ4v) is 3.73. The molecule has 2 saturated carbocycles. The number of hydrogen-bond acceptors (Lipinski definition) is 2. The number of rotatable bonds is 6. The van der Waals surface area contributed by atoms with Gasteiger partial charge in [0.1, 0.15) is 0 Å². The number of carbonyl (C=O) groups excluding carboxylic acids is 1. The van der Waals surface area contributed by atoms with Crippen molar-refractivity contribution in [2.24, 2.45) is 5.92 Å². The third-order valence-corrected chi connectivity index (χ3v) is 4.97. The molecule has 0 saturated heterocycles. The standard InChI is InChI=1S/C17H32N2O/c1-2-12-18-15-8-10-16(11-9-15)19-17(20)13-14-6-4-3-5-7-14/h14-16,18H,2-13H2,1H3,(H,19,20). The quantitative estimate of drug-likeness (QED) is 0.783. The summed E-state index contributed by atoms with van der Waals surface area (Å²) in [6.07, 6.45) is 13.3. The predicted molar refractivity (Wildman–Crippen MR) is 83.7 cm³/mol. The van der Waals surface area contributed by atoms with Crippen molar-refractivity contribution in [1.82, 2.24) is 10.6 Å². The lowest BCUT2D eigenvalue weighted by molar-refractivity contribution is -0.123. The van der Waals surface area contributed by atoms with Crippen molar-refractivity contribution in [2.75, 3.05) is 6.54 Å². The van der Waals surface area contributed by atoms with Gasteiger partial charge in [-0.3, -0.25) is 4.79 Å². The van der Waals surface area contributed by atoms with Crippen molar-refractivity contribution < 1.29 is 4.79 Å². The summed E-state index contributed by atoms with van der Waals surface area (Å²) in [4.78, 5) is 12.1. The molecule has 2 fully saturated rings. The highest BCUT2D eigenvalue weighted by atomic mass is 16.1. The largest absolute Gasteiger partial charge is 0.353 e. The highest BCUT2D eigenvalue weighted by molar-refractivity contribution is 5.76. The van der Waals surface area contributed by atoms with Gasteiger partial charge in [-0.1, -0.05) is 26.2 Å². The Kier molecular flexibility index (Phi) is 6.85. The molecule has 2 aliphatic rings. The summed E-state index contributed by atoms with van der Waals surface area (Å²) in [5.74, 6) is 0.966. The third-order valence-electron chi connectivity index (χ3n) is 4.97. The van der Waals surface area contributed by atoms with Gasteiger partial charge in [0.15, 0.2) is 0 Å². The Morgan fingerprint density at radius 1 is 0.950 bits per heavy atom. The van der Waals surface area contributed by atoms with Gasteiger partial charge in [0.2, 0.25) is 5.91 Å². The molecular formula is C17H32N2O. The van der Waals surface area contributed by atoms with Crippen LogP contribution in [0.4, 0.5) is 0 Å². The van der Waals surface area contributed by atoms with E-state index >= 15 is 0 Å². The van der Waals surface area contributed by atoms with E-state index in [0.717, 1.165) is 25.8 Å². The molecule has 3 heteroatoms. The molecule has 0 aliphatic heterocycles. The molecule has 116 valence electrons. The molecule has 3 nitrogen and oxygen atoms in total. The van der Waals surface area contributed by atoms with Crippen molar-refractivity contribution in [3.8, 4) is 0 Å². The van der Waals surface area contributed by atoms with E-state index in [1.165, 1.54) is 51.4 Å². The molecule has 0 aromatic carbocycles. The average Bonchev–Trinajstić information content (AvgIpc) is 2.47. The summed E-state index contributed by atoms with van der Waals surface area (Å²) in [6, 6.07) is 1.12. The Hall–Kier alpha value is -0.570. The van der Waals surface area contributed by atoms with Crippen LogP contribution < -0.4 is 10.6 Å². The highest BCUT2D eigenvalue weighted by Gasteiger charge is 2.23. The zero-order valence-electron chi connectivity index (χ0n) is 13.1. The van der Waals surface area contributed by atoms with E-state index in [2.05, 4.69) is 17.6 Å². The van der Waals surface area contributed by atoms with Gasteiger partial charge >= 0.3 is 0 Å². The molecule has 0 radical (unpaired) electrons. The van der Waals surface area contributed by atoms with Crippen LogP contribution in [0.25, 0.3) is 0 Å². The normalized spacial score (nSPS) is 28.2. The maximum atomic E-state index is 12.1. The minimum atomic E-state index is 0.307. The van der Waals surface area contributed by atoms with Crippen molar-refractivity contribution in [3.63, 3.8) is 0 Å². The zero-order valence-corrected chi connectivity index (χ0v) is 13.1. The van der Waals surface area contributed by atoms with Gasteiger partial charge < -0.3 is 10.6 Å². The van der Waals surface area contributed by atoms with E-state index in [1.54, 1.807) is 0 Å². The van der Waals surface area contributed by atoms with Crippen molar-refractivity contribution in [1.29, 1.82) is 0 Å². The first-order valence-corrected chi connectivity index (χ1v) is 8.80. The van der Waals surface area contributed by atoms with Gasteiger partial charge in [-0.25, -0.2) is 0 Å². The Bertz CT molecular complexity index is 279. The zero-order chi connectivity index (χ0) is 14.2. The topological polar surface area (TPSA) is 41.1 Å². The van der Waals surface area contributed by atoms with E-state index in [0.29, 0.717) is 23.9 Å². The summed E-state index contributed by atoms with van der Waals surface area (Å²) < 4.78 is 0. The van der Waals surface area contributed by atoms with Crippen LogP contribution in [0.1, 0.15) is 77.6 Å². The second-order valence-electron chi connectivity index (χ2n) is 6.78. The van der Waals surface area contributed by atoms with Gasteiger partial charge in [0.05, 0.1) is 0 Å². The van der Waals surface area contributed by atoms with E-state index in [-0.39, 0.29) is 0 Å². The maximum Gasteiger partial charge on any atom is 0.220 e. The number of amides is 1. The highest BCUT2D eigenvalue weighted by Crippen LogP contribution is 2.26. The van der Waals surface area contributed by atoms with Crippen LogP contribution in [-0.2, 0) is 4.79 Å². The van der Waals surface area contributed by atoms with Crippen LogP contribution in [0.2, 0.25) is 0 Å². The van der Waals surface area contributed by atoms with Gasteiger partial charge in [-0.15, -0.1) is 0 Å². The predicted octanol–water partition coefficient (Wildman–Crippen LogP) is 3.38. The van der Waals surface area contributed by atoms with Gasteiger partial charge in [0, 0.05) is 18.5 Å². The third kappa shape index (κ3) is 5.43. The van der Waals surface area contributed by atoms with Crippen molar-refractivity contribution in [2.45, 2.75) is 89.6 Å². The van der Waals surface area contributed by atoms with Crippen LogP contribution in [0.3, 0.4) is 0 Å². The molecule has 20 heavy (non-hydrogen) atoms. The molecule has 2 N–H and O–H groups in total. The van der Waals surface area contributed by atoms with E-state index in [9.17, 15) is 4.79 Å². The molecule has 0 aromatic rings. The van der Waals surface area contributed by atoms with Crippen molar-refractivity contribution >= 4 is 5.91 Å². The van der Waals surface area contributed by atoms with Gasteiger partial charge in [-0.05, 0) is 57.4 Å². The fraction of sp³-hybridized carbons (Fsp3) is 0.941. The van der Waals surface area contributed by atoms with E-state index < -0.39 is 0 Å². The van der Waals surface area contributed by atoms with Crippen molar-refractivity contribution in [3.05, 3.63) is 0 Å². The molecule has 0 bridgehead atoms. The van der Waals surface area contributed by atoms with Crippen LogP contribution in [0.15, 0.2) is 0 Å². The molecule has 0 heterocycles. The molecule has 0 unspecified atom stereocenters. The number of carbonyl (C=O) groups is 1.